The van der Waals surface area contributed by atoms with E-state index in [2.05, 4.69) is 0 Å². The second kappa shape index (κ2) is 3.56. The van der Waals surface area contributed by atoms with E-state index < -0.39 is 11.8 Å². The van der Waals surface area contributed by atoms with Crippen molar-refractivity contribution in [3.63, 3.8) is 0 Å². The highest BCUT2D eigenvalue weighted by molar-refractivity contribution is 5.88. The van der Waals surface area contributed by atoms with Gasteiger partial charge in [0.15, 0.2) is 0 Å². The number of benzene rings is 1. The monoisotopic (exact) mass is 182 g/mol. The Morgan fingerprint density at radius 1 is 1.54 bits per heavy atom. The summed E-state index contributed by atoms with van der Waals surface area (Å²) in [5, 5.41) is 8.67. The number of aryl methyl sites for hydroxylation is 2. The van der Waals surface area contributed by atoms with Gasteiger partial charge in [-0.1, -0.05) is 13.0 Å². The molecule has 0 aliphatic heterocycles. The highest BCUT2D eigenvalue weighted by Gasteiger charge is 2.13. The van der Waals surface area contributed by atoms with Crippen LogP contribution in [0, 0.1) is 12.7 Å². The number of halogens is 1. The Hall–Kier alpha value is -1.38. The van der Waals surface area contributed by atoms with E-state index in [9.17, 15) is 9.18 Å². The largest absolute Gasteiger partial charge is 0.478 e. The van der Waals surface area contributed by atoms with Gasteiger partial charge in [0.05, 0.1) is 5.56 Å². The Kier molecular flexibility index (Phi) is 2.66. The van der Waals surface area contributed by atoms with Gasteiger partial charge in [-0.15, -0.1) is 0 Å². The standard InChI is InChI=1S/C10H11FO2/c1-3-7-4-6(2)5-8(9(7)11)10(12)13/h4-5H,3H2,1-2H3,(H,12,13). The average Bonchev–Trinajstić information content (AvgIpc) is 2.08. The molecule has 13 heavy (non-hydrogen) atoms. The highest BCUT2D eigenvalue weighted by atomic mass is 19.1. The molecule has 0 aliphatic carbocycles. The van der Waals surface area contributed by atoms with Gasteiger partial charge in [-0.05, 0) is 30.5 Å². The third-order valence-electron chi connectivity index (χ3n) is 1.90. The van der Waals surface area contributed by atoms with Gasteiger partial charge in [-0.2, -0.15) is 0 Å². The van der Waals surface area contributed by atoms with E-state index in [0.717, 1.165) is 5.56 Å². The van der Waals surface area contributed by atoms with E-state index in [0.29, 0.717) is 12.0 Å². The molecule has 0 saturated heterocycles. The van der Waals surface area contributed by atoms with E-state index >= 15 is 0 Å². The molecule has 1 rings (SSSR count). The topological polar surface area (TPSA) is 37.3 Å². The molecule has 0 aliphatic rings. The summed E-state index contributed by atoms with van der Waals surface area (Å²) in [5.74, 6) is -1.82. The van der Waals surface area contributed by atoms with Gasteiger partial charge in [-0.25, -0.2) is 9.18 Å². The van der Waals surface area contributed by atoms with Gasteiger partial charge in [0.1, 0.15) is 5.82 Å². The first-order chi connectivity index (χ1) is 6.06. The maximum Gasteiger partial charge on any atom is 0.338 e. The molecule has 0 bridgehead atoms. The van der Waals surface area contributed by atoms with Crippen LogP contribution < -0.4 is 0 Å². The molecule has 0 unspecified atom stereocenters. The third kappa shape index (κ3) is 1.86. The van der Waals surface area contributed by atoms with Crippen molar-refractivity contribution in [3.8, 4) is 0 Å². The van der Waals surface area contributed by atoms with E-state index in [-0.39, 0.29) is 5.56 Å². The number of carboxylic acid groups (broad SMARTS) is 1. The maximum absolute atomic E-state index is 13.3. The summed E-state index contributed by atoms with van der Waals surface area (Å²) in [4.78, 5) is 10.6. The molecule has 70 valence electrons. The molecule has 0 spiro atoms. The van der Waals surface area contributed by atoms with Gasteiger partial charge < -0.3 is 5.11 Å². The van der Waals surface area contributed by atoms with Crippen LogP contribution in [0.4, 0.5) is 4.39 Å². The van der Waals surface area contributed by atoms with Gasteiger partial charge in [0.2, 0.25) is 0 Å². The van der Waals surface area contributed by atoms with Gasteiger partial charge >= 0.3 is 5.97 Å². The summed E-state index contributed by atoms with van der Waals surface area (Å²) in [5.41, 5.74) is 0.991. The number of rotatable bonds is 2. The number of hydrogen-bond donors (Lipinski definition) is 1. The molecule has 1 aromatic carbocycles. The molecule has 0 radical (unpaired) electrons. The zero-order valence-electron chi connectivity index (χ0n) is 7.60. The Morgan fingerprint density at radius 2 is 2.15 bits per heavy atom. The predicted molar refractivity (Wildman–Crippen MR) is 47.5 cm³/mol. The van der Waals surface area contributed by atoms with E-state index in [1.165, 1.54) is 6.07 Å². The van der Waals surface area contributed by atoms with Crippen LogP contribution in [0.3, 0.4) is 0 Å². The normalized spacial score (nSPS) is 10.1. The van der Waals surface area contributed by atoms with Crippen LogP contribution in [-0.2, 0) is 6.42 Å². The first kappa shape index (κ1) is 9.71. The van der Waals surface area contributed by atoms with Crippen molar-refractivity contribution in [2.24, 2.45) is 0 Å². The number of hydrogen-bond acceptors (Lipinski definition) is 1. The quantitative estimate of drug-likeness (QED) is 0.762. The number of aromatic carboxylic acids is 1. The summed E-state index contributed by atoms with van der Waals surface area (Å²) in [6.45, 7) is 3.55. The second-order valence-corrected chi connectivity index (χ2v) is 2.94. The van der Waals surface area contributed by atoms with Crippen LogP contribution in [-0.4, -0.2) is 11.1 Å². The lowest BCUT2D eigenvalue weighted by Gasteiger charge is -2.04. The van der Waals surface area contributed by atoms with E-state index in [1.807, 2.05) is 0 Å². The first-order valence-electron chi connectivity index (χ1n) is 4.08. The molecular weight excluding hydrogens is 171 g/mol. The van der Waals surface area contributed by atoms with Crippen molar-refractivity contribution in [2.75, 3.05) is 0 Å². The molecule has 1 N–H and O–H groups in total. The lowest BCUT2D eigenvalue weighted by Crippen LogP contribution is -2.04. The lowest BCUT2D eigenvalue weighted by atomic mass is 10.0. The van der Waals surface area contributed by atoms with Crippen molar-refractivity contribution >= 4 is 5.97 Å². The van der Waals surface area contributed by atoms with Crippen LogP contribution >= 0.6 is 0 Å². The minimum absolute atomic E-state index is 0.239. The molecule has 0 amide bonds. The molecule has 0 atom stereocenters. The van der Waals surface area contributed by atoms with Gasteiger partial charge in [0.25, 0.3) is 0 Å². The molecule has 3 heteroatoms. The minimum Gasteiger partial charge on any atom is -0.478 e. The summed E-state index contributed by atoms with van der Waals surface area (Å²) >= 11 is 0. The fraction of sp³-hybridized carbons (Fsp3) is 0.300. The van der Waals surface area contributed by atoms with Crippen LogP contribution in [0.5, 0.6) is 0 Å². The van der Waals surface area contributed by atoms with Crippen molar-refractivity contribution in [1.29, 1.82) is 0 Å². The Morgan fingerprint density at radius 3 is 2.62 bits per heavy atom. The van der Waals surface area contributed by atoms with Gasteiger partial charge in [-0.3, -0.25) is 0 Å². The van der Waals surface area contributed by atoms with Crippen LogP contribution in [0.1, 0.15) is 28.4 Å². The molecule has 0 saturated carbocycles. The van der Waals surface area contributed by atoms with Crippen molar-refractivity contribution < 1.29 is 14.3 Å². The number of carbonyl (C=O) groups is 1. The molecule has 1 aromatic rings. The average molecular weight is 182 g/mol. The fourth-order valence-corrected chi connectivity index (χ4v) is 1.26. The predicted octanol–water partition coefficient (Wildman–Crippen LogP) is 2.39. The fourth-order valence-electron chi connectivity index (χ4n) is 1.26. The molecule has 2 nitrogen and oxygen atoms in total. The van der Waals surface area contributed by atoms with Crippen LogP contribution in [0.25, 0.3) is 0 Å². The maximum atomic E-state index is 13.3. The lowest BCUT2D eigenvalue weighted by molar-refractivity contribution is 0.0691. The Labute approximate surface area is 76.0 Å². The molecule has 0 heterocycles. The summed E-state index contributed by atoms with van der Waals surface area (Å²) < 4.78 is 13.3. The summed E-state index contributed by atoms with van der Waals surface area (Å²) in [7, 11) is 0. The van der Waals surface area contributed by atoms with E-state index in [4.69, 9.17) is 5.11 Å². The zero-order valence-corrected chi connectivity index (χ0v) is 7.60. The highest BCUT2D eigenvalue weighted by Crippen LogP contribution is 2.16. The van der Waals surface area contributed by atoms with Crippen molar-refractivity contribution in [2.45, 2.75) is 20.3 Å². The van der Waals surface area contributed by atoms with Crippen molar-refractivity contribution in [1.82, 2.24) is 0 Å². The number of carboxylic acids is 1. The summed E-state index contributed by atoms with van der Waals surface area (Å²) in [6, 6.07) is 3.01. The van der Waals surface area contributed by atoms with E-state index in [1.54, 1.807) is 19.9 Å². The zero-order chi connectivity index (χ0) is 10.0. The smallest absolute Gasteiger partial charge is 0.338 e. The SMILES string of the molecule is CCc1cc(C)cc(C(=O)O)c1F. The van der Waals surface area contributed by atoms with Crippen LogP contribution in [0.15, 0.2) is 12.1 Å². The van der Waals surface area contributed by atoms with Crippen molar-refractivity contribution in [3.05, 3.63) is 34.6 Å². The summed E-state index contributed by atoms with van der Waals surface area (Å²) in [6.07, 6.45) is 0.508. The Balaban J connectivity index is 3.35. The van der Waals surface area contributed by atoms with Crippen LogP contribution in [0.2, 0.25) is 0 Å². The third-order valence-corrected chi connectivity index (χ3v) is 1.90. The molecule has 0 aromatic heterocycles. The first-order valence-corrected chi connectivity index (χ1v) is 4.08. The molecular formula is C10H11FO2. The Bertz CT molecular complexity index is 345. The molecule has 0 fully saturated rings. The minimum atomic E-state index is -1.21. The second-order valence-electron chi connectivity index (χ2n) is 2.94. The van der Waals surface area contributed by atoms with Gasteiger partial charge in [0, 0.05) is 0 Å².